The number of ether oxygens (including phenoxy) is 1. The Labute approximate surface area is 158 Å². The maximum absolute atomic E-state index is 11.8. The Morgan fingerprint density at radius 1 is 1.08 bits per heavy atom. The first-order chi connectivity index (χ1) is 12.6. The number of carbonyl (C=O) groups excluding carboxylic acids is 1. The van der Waals surface area contributed by atoms with Gasteiger partial charge in [0.2, 0.25) is 5.91 Å². The third-order valence-corrected chi connectivity index (χ3v) is 3.82. The molecule has 0 spiro atoms. The van der Waals surface area contributed by atoms with Crippen molar-refractivity contribution in [1.82, 2.24) is 15.5 Å². The van der Waals surface area contributed by atoms with Gasteiger partial charge in [0.1, 0.15) is 6.54 Å². The first kappa shape index (κ1) is 22.0. The molecule has 2 N–H and O–H groups in total. The van der Waals surface area contributed by atoms with Gasteiger partial charge in [-0.25, -0.2) is 4.99 Å². The number of likely N-dealkylation sites (N-methyl/N-ethyl adjacent to an activating group) is 1. The first-order valence-corrected chi connectivity index (χ1v) is 9.47. The summed E-state index contributed by atoms with van der Waals surface area (Å²) in [5.74, 6) is 0.654. The zero-order valence-corrected chi connectivity index (χ0v) is 16.5. The monoisotopic (exact) mass is 362 g/mol. The Balaban J connectivity index is 2.37. The summed E-state index contributed by atoms with van der Waals surface area (Å²) in [6.45, 7) is 5.38. The van der Waals surface area contributed by atoms with Gasteiger partial charge in [-0.3, -0.25) is 4.79 Å². The molecule has 0 aliphatic heterocycles. The van der Waals surface area contributed by atoms with Crippen molar-refractivity contribution < 1.29 is 9.53 Å². The Morgan fingerprint density at radius 3 is 2.46 bits per heavy atom. The van der Waals surface area contributed by atoms with Crippen molar-refractivity contribution in [2.24, 2.45) is 4.99 Å². The van der Waals surface area contributed by atoms with Gasteiger partial charge in [-0.1, -0.05) is 43.7 Å². The molecule has 0 saturated carbocycles. The van der Waals surface area contributed by atoms with Crippen LogP contribution in [-0.2, 0) is 16.0 Å². The number of amides is 1. The SMILES string of the molecule is CCCCOCCCNC(=NCC(=O)N(C)C)NCCc1ccccc1. The zero-order chi connectivity index (χ0) is 19.0. The van der Waals surface area contributed by atoms with Gasteiger partial charge in [0, 0.05) is 40.4 Å². The van der Waals surface area contributed by atoms with Crippen LogP contribution in [0.5, 0.6) is 0 Å². The van der Waals surface area contributed by atoms with Gasteiger partial charge >= 0.3 is 0 Å². The molecule has 0 aromatic heterocycles. The summed E-state index contributed by atoms with van der Waals surface area (Å²) < 4.78 is 5.56. The fourth-order valence-electron chi connectivity index (χ4n) is 2.16. The standard InChI is InChI=1S/C20H34N4O2/c1-4-5-15-26-16-9-13-21-20(23-17-19(25)24(2)3)22-14-12-18-10-7-6-8-11-18/h6-8,10-11H,4-5,9,12-17H2,1-3H3,(H2,21,22,23). The minimum atomic E-state index is -0.0166. The number of benzene rings is 1. The number of aliphatic imine (C=N–C) groups is 1. The van der Waals surface area contributed by atoms with Crippen LogP contribution in [0.25, 0.3) is 0 Å². The van der Waals surface area contributed by atoms with Gasteiger partial charge in [0.05, 0.1) is 0 Å². The molecule has 0 heterocycles. The van der Waals surface area contributed by atoms with Crippen molar-refractivity contribution in [2.75, 3.05) is 46.9 Å². The summed E-state index contributed by atoms with van der Waals surface area (Å²) in [5, 5.41) is 6.58. The van der Waals surface area contributed by atoms with Gasteiger partial charge in [0.25, 0.3) is 0 Å². The van der Waals surface area contributed by atoms with Gasteiger partial charge in [-0.15, -0.1) is 0 Å². The number of rotatable bonds is 12. The van der Waals surface area contributed by atoms with E-state index in [9.17, 15) is 4.79 Å². The average Bonchev–Trinajstić information content (AvgIpc) is 2.65. The van der Waals surface area contributed by atoms with E-state index >= 15 is 0 Å². The number of carbonyl (C=O) groups is 1. The second-order valence-corrected chi connectivity index (χ2v) is 6.36. The van der Waals surface area contributed by atoms with E-state index in [1.807, 2.05) is 18.2 Å². The van der Waals surface area contributed by atoms with Crippen molar-refractivity contribution in [1.29, 1.82) is 0 Å². The minimum Gasteiger partial charge on any atom is -0.381 e. The summed E-state index contributed by atoms with van der Waals surface area (Å²) in [4.78, 5) is 17.7. The highest BCUT2D eigenvalue weighted by molar-refractivity contribution is 5.84. The predicted octanol–water partition coefficient (Wildman–Crippen LogP) is 2.06. The summed E-state index contributed by atoms with van der Waals surface area (Å²) in [6, 6.07) is 10.3. The van der Waals surface area contributed by atoms with E-state index in [1.54, 1.807) is 19.0 Å². The minimum absolute atomic E-state index is 0.0166. The highest BCUT2D eigenvalue weighted by Gasteiger charge is 2.04. The Hall–Kier alpha value is -2.08. The van der Waals surface area contributed by atoms with Crippen molar-refractivity contribution in [3.8, 4) is 0 Å². The molecule has 0 radical (unpaired) electrons. The Morgan fingerprint density at radius 2 is 1.77 bits per heavy atom. The number of nitrogens with one attached hydrogen (secondary N) is 2. The van der Waals surface area contributed by atoms with E-state index in [4.69, 9.17) is 4.74 Å². The quantitative estimate of drug-likeness (QED) is 0.339. The third kappa shape index (κ3) is 10.7. The van der Waals surface area contributed by atoms with Crippen LogP contribution in [0.3, 0.4) is 0 Å². The molecule has 0 aliphatic rings. The Bertz CT molecular complexity index is 518. The normalized spacial score (nSPS) is 11.3. The summed E-state index contributed by atoms with van der Waals surface area (Å²) in [6.07, 6.45) is 4.07. The lowest BCUT2D eigenvalue weighted by atomic mass is 10.1. The van der Waals surface area contributed by atoms with E-state index in [-0.39, 0.29) is 12.5 Å². The van der Waals surface area contributed by atoms with Crippen molar-refractivity contribution in [3.05, 3.63) is 35.9 Å². The summed E-state index contributed by atoms with van der Waals surface area (Å²) in [7, 11) is 3.48. The number of nitrogens with zero attached hydrogens (tertiary/aromatic N) is 2. The van der Waals surface area contributed by atoms with Crippen LogP contribution in [0, 0.1) is 0 Å². The highest BCUT2D eigenvalue weighted by atomic mass is 16.5. The molecule has 26 heavy (non-hydrogen) atoms. The van der Waals surface area contributed by atoms with Crippen LogP contribution in [0.2, 0.25) is 0 Å². The number of guanidine groups is 1. The molecule has 146 valence electrons. The van der Waals surface area contributed by atoms with Crippen LogP contribution in [-0.4, -0.2) is 63.7 Å². The molecule has 0 unspecified atom stereocenters. The van der Waals surface area contributed by atoms with E-state index in [0.717, 1.165) is 52.0 Å². The fraction of sp³-hybridized carbons (Fsp3) is 0.600. The van der Waals surface area contributed by atoms with Crippen LogP contribution in [0.15, 0.2) is 35.3 Å². The molecule has 6 nitrogen and oxygen atoms in total. The average molecular weight is 363 g/mol. The third-order valence-electron chi connectivity index (χ3n) is 3.82. The maximum Gasteiger partial charge on any atom is 0.243 e. The van der Waals surface area contributed by atoms with E-state index in [2.05, 4.69) is 34.7 Å². The zero-order valence-electron chi connectivity index (χ0n) is 16.5. The molecule has 0 fully saturated rings. The molecule has 6 heteroatoms. The molecule has 0 aliphatic carbocycles. The van der Waals surface area contributed by atoms with Crippen LogP contribution >= 0.6 is 0 Å². The first-order valence-electron chi connectivity index (χ1n) is 9.47. The van der Waals surface area contributed by atoms with Gasteiger partial charge in [0.15, 0.2) is 5.96 Å². The molecule has 1 amide bonds. The van der Waals surface area contributed by atoms with Crippen molar-refractivity contribution in [2.45, 2.75) is 32.6 Å². The topological polar surface area (TPSA) is 66.0 Å². The second-order valence-electron chi connectivity index (χ2n) is 6.36. The predicted molar refractivity (Wildman–Crippen MR) is 107 cm³/mol. The van der Waals surface area contributed by atoms with Crippen molar-refractivity contribution >= 4 is 11.9 Å². The lowest BCUT2D eigenvalue weighted by Crippen LogP contribution is -2.40. The van der Waals surface area contributed by atoms with Gasteiger partial charge < -0.3 is 20.3 Å². The molecule has 0 atom stereocenters. The van der Waals surface area contributed by atoms with Crippen LogP contribution < -0.4 is 10.6 Å². The molecule has 0 saturated heterocycles. The van der Waals surface area contributed by atoms with E-state index in [0.29, 0.717) is 5.96 Å². The molecule has 1 aromatic carbocycles. The smallest absolute Gasteiger partial charge is 0.243 e. The summed E-state index contributed by atoms with van der Waals surface area (Å²) >= 11 is 0. The van der Waals surface area contributed by atoms with E-state index in [1.165, 1.54) is 5.56 Å². The number of hydrogen-bond acceptors (Lipinski definition) is 3. The molecular weight excluding hydrogens is 328 g/mol. The van der Waals surface area contributed by atoms with Crippen LogP contribution in [0.4, 0.5) is 0 Å². The van der Waals surface area contributed by atoms with Gasteiger partial charge in [-0.05, 0) is 24.8 Å². The van der Waals surface area contributed by atoms with Gasteiger partial charge in [-0.2, -0.15) is 0 Å². The van der Waals surface area contributed by atoms with Crippen molar-refractivity contribution in [3.63, 3.8) is 0 Å². The number of hydrogen-bond donors (Lipinski definition) is 2. The van der Waals surface area contributed by atoms with E-state index < -0.39 is 0 Å². The largest absolute Gasteiger partial charge is 0.381 e. The molecule has 1 rings (SSSR count). The fourth-order valence-corrected chi connectivity index (χ4v) is 2.16. The second kappa shape index (κ2) is 14.1. The molecular formula is C20H34N4O2. The maximum atomic E-state index is 11.8. The molecule has 1 aromatic rings. The van der Waals surface area contributed by atoms with Crippen LogP contribution in [0.1, 0.15) is 31.7 Å². The highest BCUT2D eigenvalue weighted by Crippen LogP contribution is 1.98. The lowest BCUT2D eigenvalue weighted by molar-refractivity contribution is -0.127. The lowest BCUT2D eigenvalue weighted by Gasteiger charge is -2.14. The number of unbranched alkanes of at least 4 members (excludes halogenated alkanes) is 1. The Kier molecular flexibility index (Phi) is 11.9. The molecule has 0 bridgehead atoms. The summed E-state index contributed by atoms with van der Waals surface area (Å²) in [5.41, 5.74) is 1.27.